The molecule has 4 aromatic carbocycles. The fraction of sp³-hybridized carbons (Fsp3) is 0.234. The van der Waals surface area contributed by atoms with Crippen LogP contribution in [-0.4, -0.2) is 9.97 Å². The third-order valence-corrected chi connectivity index (χ3v) is 8.88. The number of nitrogen functional groups attached to an aromatic ring is 1. The largest absolute Gasteiger partial charge is 0.399 e. The van der Waals surface area contributed by atoms with E-state index in [4.69, 9.17) is 30.5 Å². The summed E-state index contributed by atoms with van der Waals surface area (Å²) in [6.45, 7) is 31.4. The molecule has 0 spiro atoms. The molecule has 0 saturated carbocycles. The first-order valence-electron chi connectivity index (χ1n) is 17.9. The van der Waals surface area contributed by atoms with E-state index < -0.39 is 0 Å². The highest BCUT2D eigenvalue weighted by atomic mass is 35.5. The Labute approximate surface area is 338 Å². The van der Waals surface area contributed by atoms with Crippen molar-refractivity contribution in [3.05, 3.63) is 172 Å². The van der Waals surface area contributed by atoms with Gasteiger partial charge in [-0.3, -0.25) is 0 Å². The highest BCUT2D eigenvalue weighted by molar-refractivity contribution is 6.33. The molecule has 2 heterocycles. The van der Waals surface area contributed by atoms with Crippen LogP contribution in [0.5, 0.6) is 0 Å². The summed E-state index contributed by atoms with van der Waals surface area (Å²) >= 11 is 6.09. The Morgan fingerprint density at radius 3 is 1.45 bits per heavy atom. The zero-order chi connectivity index (χ0) is 40.2. The average Bonchev–Trinajstić information content (AvgIpc) is 3.15. The Kier molecular flexibility index (Phi) is 15.6. The topological polar surface area (TPSA) is 96.6 Å². The lowest BCUT2D eigenvalue weighted by molar-refractivity contribution is 0.590. The molecule has 6 rings (SSSR count). The number of hydrogen-bond acceptors (Lipinski definition) is 6. The molecule has 0 fully saturated rings. The molecule has 0 saturated heterocycles. The third kappa shape index (κ3) is 12.9. The molecule has 6 aromatic rings. The van der Waals surface area contributed by atoms with Crippen molar-refractivity contribution in [3.8, 4) is 0 Å². The van der Waals surface area contributed by atoms with Crippen LogP contribution in [0.15, 0.2) is 122 Å². The lowest BCUT2D eigenvalue weighted by atomic mass is 9.87. The van der Waals surface area contributed by atoms with E-state index in [1.165, 1.54) is 17.3 Å². The van der Waals surface area contributed by atoms with Gasteiger partial charge >= 0.3 is 0 Å². The first-order chi connectivity index (χ1) is 26.1. The summed E-state index contributed by atoms with van der Waals surface area (Å²) < 4.78 is 0. The minimum atomic E-state index is 0. The number of para-hydroxylation sites is 2. The van der Waals surface area contributed by atoms with Crippen LogP contribution in [0.25, 0.3) is 9.69 Å². The minimum absolute atomic E-state index is 0. The highest BCUT2D eigenvalue weighted by Gasteiger charge is 2.15. The Balaban J connectivity index is 0.000000254. The van der Waals surface area contributed by atoms with Crippen molar-refractivity contribution in [1.82, 2.24) is 9.97 Å². The van der Waals surface area contributed by atoms with Gasteiger partial charge in [0.15, 0.2) is 5.82 Å². The van der Waals surface area contributed by atoms with Gasteiger partial charge in [-0.15, -0.1) is 0 Å². The van der Waals surface area contributed by atoms with Gasteiger partial charge in [0.1, 0.15) is 5.82 Å². The molecular weight excluding hydrogens is 712 g/mol. The number of benzene rings is 4. The third-order valence-electron chi connectivity index (χ3n) is 8.59. The number of nitrogens with two attached hydrogens (primary N) is 1. The fourth-order valence-electron chi connectivity index (χ4n) is 5.12. The molecule has 2 aromatic heterocycles. The van der Waals surface area contributed by atoms with Gasteiger partial charge in [-0.1, -0.05) is 121 Å². The molecule has 0 aliphatic heterocycles. The van der Waals surface area contributed by atoms with Crippen LogP contribution in [0, 0.1) is 27.0 Å². The van der Waals surface area contributed by atoms with E-state index >= 15 is 0 Å². The van der Waals surface area contributed by atoms with Crippen molar-refractivity contribution >= 4 is 63.0 Å². The van der Waals surface area contributed by atoms with Crippen LogP contribution in [0.2, 0.25) is 5.02 Å². The number of nitrogens with one attached hydrogen (secondary N) is 3. The number of nitrogens with zero attached hydrogens (tertiary/aromatic N) is 4. The first-order valence-corrected chi connectivity index (χ1v) is 18.2. The van der Waals surface area contributed by atoms with Crippen LogP contribution >= 0.6 is 11.6 Å². The average molecular weight is 765 g/mol. The van der Waals surface area contributed by atoms with Gasteiger partial charge in [0.2, 0.25) is 11.4 Å². The van der Waals surface area contributed by atoms with Crippen LogP contribution in [-0.2, 0) is 10.8 Å². The van der Waals surface area contributed by atoms with Crippen molar-refractivity contribution in [3.63, 3.8) is 0 Å². The number of aromatic nitrogens is 2. The van der Waals surface area contributed by atoms with Gasteiger partial charge in [0, 0.05) is 35.1 Å². The van der Waals surface area contributed by atoms with E-state index in [0.717, 1.165) is 39.6 Å². The molecule has 0 unspecified atom stereocenters. The second kappa shape index (κ2) is 19.8. The number of halogens is 1. The summed E-state index contributed by atoms with van der Waals surface area (Å²) in [6.07, 6.45) is 3.09. The smallest absolute Gasteiger partial charge is 0.207 e. The van der Waals surface area contributed by atoms with E-state index in [9.17, 15) is 0 Å². The molecule has 0 amide bonds. The molecule has 8 nitrogen and oxygen atoms in total. The number of hydrogen-bond donors (Lipinski definition) is 4. The second-order valence-corrected chi connectivity index (χ2v) is 15.4. The summed E-state index contributed by atoms with van der Waals surface area (Å²) in [7, 11) is 0. The molecule has 9 heteroatoms. The lowest BCUT2D eigenvalue weighted by Crippen LogP contribution is -2.10. The van der Waals surface area contributed by atoms with Gasteiger partial charge in [0.05, 0.1) is 23.9 Å². The Hall–Kier alpha value is -6.35. The monoisotopic (exact) mass is 764 g/mol. The maximum atomic E-state index is 7.27. The molecule has 0 aliphatic carbocycles. The minimum Gasteiger partial charge on any atom is -0.399 e. The predicted octanol–water partition coefficient (Wildman–Crippen LogP) is 14.3. The predicted molar refractivity (Wildman–Crippen MR) is 240 cm³/mol. The van der Waals surface area contributed by atoms with Crippen molar-refractivity contribution in [1.29, 1.82) is 0 Å². The summed E-state index contributed by atoms with van der Waals surface area (Å²) in [6, 6.07) is 35.8. The summed E-state index contributed by atoms with van der Waals surface area (Å²) in [5.74, 6) is 1.25. The molecule has 288 valence electrons. The SMILES string of the molecule is C.Cc1ccccc1N.[C-]#[N+]c1cnc(Nc2ccc(C(C)(C)C)cc2)c(Cl)c1.[C-]#[N+]c1cnc(Nc2ccc(C(C)(C)C)cc2)c(Nc2ccccc2C)c1. The zero-order valence-electron chi connectivity index (χ0n) is 32.8. The van der Waals surface area contributed by atoms with Gasteiger partial charge < -0.3 is 21.7 Å². The standard InChI is InChI=1S/C23H24N4.C16H16ClN3.C7H9N.CH4/c1-16-8-6-7-9-20(16)27-21-14-19(24-5)15-25-22(21)26-18-12-10-17(11-13-18)23(2,3)4;1-16(2,3)11-5-7-12(8-6-11)20-15-14(17)9-13(18-4)10-19-15;1-6-4-2-3-5-7(6)8;/h6-15,27H,1-4H3,(H,25,26);5-10H,1-3H3,(H,19,20);2-5H,8H2,1H3;1H4. The number of aryl methyl sites for hydroxylation is 2. The Morgan fingerprint density at radius 2 is 1.02 bits per heavy atom. The fourth-order valence-corrected chi connectivity index (χ4v) is 5.32. The molecule has 0 aliphatic rings. The maximum Gasteiger partial charge on any atom is 0.207 e. The van der Waals surface area contributed by atoms with E-state index in [0.29, 0.717) is 28.0 Å². The van der Waals surface area contributed by atoms with Gasteiger partial charge in [0.25, 0.3) is 0 Å². The van der Waals surface area contributed by atoms with Crippen molar-refractivity contribution < 1.29 is 0 Å². The Bertz CT molecular complexity index is 2250. The molecule has 56 heavy (non-hydrogen) atoms. The van der Waals surface area contributed by atoms with Gasteiger partial charge in [-0.25, -0.2) is 19.7 Å². The summed E-state index contributed by atoms with van der Waals surface area (Å²) in [5, 5.41) is 10.4. The summed E-state index contributed by atoms with van der Waals surface area (Å²) in [4.78, 5) is 15.4. The molecule has 0 atom stereocenters. The van der Waals surface area contributed by atoms with E-state index in [2.05, 4.69) is 114 Å². The van der Waals surface area contributed by atoms with E-state index in [-0.39, 0.29) is 18.3 Å². The van der Waals surface area contributed by atoms with Crippen LogP contribution in [0.1, 0.15) is 71.2 Å². The highest BCUT2D eigenvalue weighted by Crippen LogP contribution is 2.33. The second-order valence-electron chi connectivity index (χ2n) is 15.0. The number of pyridine rings is 2. The molecule has 5 N–H and O–H groups in total. The van der Waals surface area contributed by atoms with Crippen molar-refractivity contribution in [2.45, 2.75) is 73.6 Å². The lowest BCUT2D eigenvalue weighted by Gasteiger charge is -2.20. The van der Waals surface area contributed by atoms with Crippen LogP contribution < -0.4 is 21.7 Å². The molecular formula is C47H53ClN8. The normalized spacial score (nSPS) is 10.5. The van der Waals surface area contributed by atoms with Crippen molar-refractivity contribution in [2.24, 2.45) is 0 Å². The van der Waals surface area contributed by atoms with E-state index in [1.807, 2.05) is 80.6 Å². The maximum absolute atomic E-state index is 7.27. The summed E-state index contributed by atoms with van der Waals surface area (Å²) in [5.41, 5.74) is 16.0. The first kappa shape index (κ1) is 44.0. The quantitative estimate of drug-likeness (QED) is 0.0996. The Morgan fingerprint density at radius 1 is 0.571 bits per heavy atom. The molecule has 0 bridgehead atoms. The number of rotatable bonds is 6. The van der Waals surface area contributed by atoms with Crippen LogP contribution in [0.4, 0.5) is 51.4 Å². The van der Waals surface area contributed by atoms with Crippen molar-refractivity contribution in [2.75, 3.05) is 21.7 Å². The molecule has 0 radical (unpaired) electrons. The van der Waals surface area contributed by atoms with E-state index in [1.54, 1.807) is 12.3 Å². The van der Waals surface area contributed by atoms with Gasteiger partial charge in [-0.05, 0) is 95.5 Å². The van der Waals surface area contributed by atoms with Crippen LogP contribution in [0.3, 0.4) is 0 Å². The zero-order valence-corrected chi connectivity index (χ0v) is 33.5. The number of anilines is 7. The van der Waals surface area contributed by atoms with Gasteiger partial charge in [-0.2, -0.15) is 0 Å².